The van der Waals surface area contributed by atoms with Gasteiger partial charge in [-0.1, -0.05) is 68.8 Å². The predicted molar refractivity (Wildman–Crippen MR) is 166 cm³/mol. The van der Waals surface area contributed by atoms with Crippen molar-refractivity contribution in [2.75, 3.05) is 6.61 Å². The molecule has 3 heterocycles. The van der Waals surface area contributed by atoms with Crippen molar-refractivity contribution in [1.82, 2.24) is 24.6 Å². The molecule has 1 fully saturated rings. The van der Waals surface area contributed by atoms with Gasteiger partial charge in [0.2, 0.25) is 5.78 Å². The third-order valence-electron chi connectivity index (χ3n) is 8.65. The maximum atomic E-state index is 14.3. The first-order valence-electron chi connectivity index (χ1n) is 15.6. The number of fused-ring (bicyclic) bond motifs is 1. The van der Waals surface area contributed by atoms with Crippen molar-refractivity contribution in [2.24, 2.45) is 4.99 Å². The van der Waals surface area contributed by atoms with Crippen molar-refractivity contribution < 1.29 is 71.2 Å². The van der Waals surface area contributed by atoms with E-state index in [1.54, 1.807) is 0 Å². The number of nitrogens with zero attached hydrogens (tertiary/aromatic N) is 5. The second kappa shape index (κ2) is 15.6. The molecular weight excluding hydrogens is 599 g/mol. The number of ether oxygens (including phenoxy) is 1. The number of aliphatic imine (C=N–C) groups is 1. The molecule has 1 saturated carbocycles. The molecule has 2 aromatic heterocycles. The summed E-state index contributed by atoms with van der Waals surface area (Å²) >= 11 is 0. The molecular formula is C33H40KN6O5+. The second-order valence-corrected chi connectivity index (χ2v) is 11.6. The molecule has 1 aliphatic carbocycles. The smallest absolute Gasteiger partial charge is 0.391 e. The van der Waals surface area contributed by atoms with Crippen LogP contribution in [0.2, 0.25) is 0 Å². The van der Waals surface area contributed by atoms with Crippen molar-refractivity contribution in [3.05, 3.63) is 87.6 Å². The predicted octanol–water partition coefficient (Wildman–Crippen LogP) is 0.934. The molecule has 0 radical (unpaired) electrons. The van der Waals surface area contributed by atoms with E-state index in [1.165, 1.54) is 6.33 Å². The normalized spacial score (nSPS) is 20.4. The van der Waals surface area contributed by atoms with E-state index in [2.05, 4.69) is 39.6 Å². The molecule has 0 bridgehead atoms. The molecule has 6 rings (SSSR count). The molecule has 4 aromatic rings. The van der Waals surface area contributed by atoms with E-state index in [0.717, 1.165) is 72.0 Å². The minimum Gasteiger partial charge on any atom is -0.391 e. The molecule has 232 valence electrons. The minimum atomic E-state index is -1.23. The number of amidine groups is 1. The standard InChI is InChI=1S/C33H40N6O5.K/c1-3-7-29-28(18-21-10-12-22(13-11-21)26-8-5-6-9-27(26)30-36-33(42)44-37-30)31(41)38(32-34-20-35-39(29)32)23-14-16-25(17-15-23)43-19-24(40)4-2;/h5-6,8-13,20,23-25,33,40,42H,3-4,7,14-19H2,1-2H3,(H,36,37);/q;+1. The molecule has 2 aliphatic rings. The van der Waals surface area contributed by atoms with Gasteiger partial charge in [-0.2, -0.15) is 10.1 Å². The molecule has 0 saturated heterocycles. The van der Waals surface area contributed by atoms with Crippen LogP contribution in [0.15, 0.2) is 64.6 Å². The Morgan fingerprint density at radius 3 is 2.47 bits per heavy atom. The van der Waals surface area contributed by atoms with Gasteiger partial charge in [-0.15, -0.1) is 0 Å². The van der Waals surface area contributed by atoms with Gasteiger partial charge in [0.1, 0.15) is 6.33 Å². The Morgan fingerprint density at radius 2 is 1.80 bits per heavy atom. The summed E-state index contributed by atoms with van der Waals surface area (Å²) in [7, 11) is 0. The van der Waals surface area contributed by atoms with Gasteiger partial charge >= 0.3 is 51.4 Å². The monoisotopic (exact) mass is 639 g/mol. The Morgan fingerprint density at radius 1 is 1.07 bits per heavy atom. The number of hydrogen-bond donors (Lipinski definition) is 3. The SMILES string of the molecule is CCCc1c(Cc2ccc(-c3ccccc3C3=NC(O)ON3)cc2)c(=O)n(C2CCC(OCC(O)CC)CC2)c2ncnn12.[K+]. The fraction of sp³-hybridized carbons (Fsp3) is 0.455. The Labute approximate surface area is 305 Å². The van der Waals surface area contributed by atoms with Crippen LogP contribution in [0.5, 0.6) is 0 Å². The van der Waals surface area contributed by atoms with Crippen molar-refractivity contribution >= 4 is 11.6 Å². The first kappa shape index (κ1) is 34.1. The van der Waals surface area contributed by atoms with Gasteiger partial charge in [-0.25, -0.2) is 19.8 Å². The number of aliphatic hydroxyl groups excluding tert-OH is 2. The molecule has 2 aromatic carbocycles. The second-order valence-electron chi connectivity index (χ2n) is 11.6. The number of nitrogens with one attached hydrogen (secondary N) is 1. The van der Waals surface area contributed by atoms with Crippen LogP contribution in [-0.2, 0) is 22.4 Å². The van der Waals surface area contributed by atoms with Crippen LogP contribution in [0.4, 0.5) is 0 Å². The molecule has 11 nitrogen and oxygen atoms in total. The topological polar surface area (TPSA) is 136 Å². The van der Waals surface area contributed by atoms with E-state index in [-0.39, 0.29) is 69.1 Å². The zero-order valence-electron chi connectivity index (χ0n) is 26.2. The fourth-order valence-corrected chi connectivity index (χ4v) is 6.26. The number of hydroxylamine groups is 1. The number of aromatic nitrogens is 4. The number of hydrogen-bond acceptors (Lipinski definition) is 9. The van der Waals surface area contributed by atoms with Gasteiger partial charge in [0.25, 0.3) is 12.0 Å². The van der Waals surface area contributed by atoms with E-state index in [9.17, 15) is 15.0 Å². The van der Waals surface area contributed by atoms with Crippen molar-refractivity contribution in [2.45, 2.75) is 89.9 Å². The fourth-order valence-electron chi connectivity index (χ4n) is 6.26. The van der Waals surface area contributed by atoms with Gasteiger partial charge in [0, 0.05) is 23.6 Å². The summed E-state index contributed by atoms with van der Waals surface area (Å²) in [6.45, 7) is 4.40. The van der Waals surface area contributed by atoms with Crippen LogP contribution in [0.25, 0.3) is 16.9 Å². The summed E-state index contributed by atoms with van der Waals surface area (Å²) in [5, 5.41) is 24.1. The van der Waals surface area contributed by atoms with Crippen molar-refractivity contribution in [1.29, 1.82) is 0 Å². The maximum Gasteiger partial charge on any atom is 1.00 e. The van der Waals surface area contributed by atoms with Crippen molar-refractivity contribution in [3.63, 3.8) is 0 Å². The summed E-state index contributed by atoms with van der Waals surface area (Å²) in [6, 6.07) is 16.0. The molecule has 2 unspecified atom stereocenters. The first-order chi connectivity index (χ1) is 21.5. The summed E-state index contributed by atoms with van der Waals surface area (Å²) in [5.74, 6) is 1.07. The van der Waals surface area contributed by atoms with Gasteiger partial charge in [-0.3, -0.25) is 9.36 Å². The maximum absolute atomic E-state index is 14.3. The quantitative estimate of drug-likeness (QED) is 0.207. The average Bonchev–Trinajstić information content (AvgIpc) is 3.72. The van der Waals surface area contributed by atoms with E-state index in [4.69, 9.17) is 9.57 Å². The summed E-state index contributed by atoms with van der Waals surface area (Å²) in [6.07, 6.45) is 5.98. The molecule has 3 N–H and O–H groups in total. The zero-order valence-corrected chi connectivity index (χ0v) is 29.3. The van der Waals surface area contributed by atoms with Crippen LogP contribution in [0, 0.1) is 0 Å². The Balaban J connectivity index is 0.00000400. The summed E-state index contributed by atoms with van der Waals surface area (Å²) in [4.78, 5) is 27.9. The Bertz CT molecular complexity index is 1680. The first-order valence-corrected chi connectivity index (χ1v) is 15.6. The van der Waals surface area contributed by atoms with Gasteiger partial charge in [-0.05, 0) is 55.2 Å². The van der Waals surface area contributed by atoms with Gasteiger partial charge in [0.15, 0.2) is 5.84 Å². The van der Waals surface area contributed by atoms with Crippen LogP contribution >= 0.6 is 0 Å². The van der Waals surface area contributed by atoms with Crippen LogP contribution in [0.3, 0.4) is 0 Å². The van der Waals surface area contributed by atoms with Crippen molar-refractivity contribution in [3.8, 4) is 11.1 Å². The number of rotatable bonds is 11. The molecule has 12 heteroatoms. The summed E-state index contributed by atoms with van der Waals surface area (Å²) in [5.41, 5.74) is 8.13. The number of benzene rings is 2. The molecule has 0 spiro atoms. The van der Waals surface area contributed by atoms with Crippen LogP contribution < -0.4 is 62.4 Å². The average molecular weight is 640 g/mol. The third-order valence-corrected chi connectivity index (χ3v) is 8.65. The van der Waals surface area contributed by atoms with E-state index >= 15 is 0 Å². The molecule has 45 heavy (non-hydrogen) atoms. The summed E-state index contributed by atoms with van der Waals surface area (Å²) < 4.78 is 9.68. The van der Waals surface area contributed by atoms with E-state index < -0.39 is 12.5 Å². The molecule has 2 atom stereocenters. The van der Waals surface area contributed by atoms with Crippen LogP contribution in [0.1, 0.15) is 80.8 Å². The van der Waals surface area contributed by atoms with Gasteiger partial charge < -0.3 is 14.9 Å². The largest absolute Gasteiger partial charge is 1.00 e. The number of aliphatic hydroxyl groups is 2. The van der Waals surface area contributed by atoms with Crippen LogP contribution in [-0.4, -0.2) is 60.4 Å². The molecule has 1 aliphatic heterocycles. The minimum absolute atomic E-state index is 0. The third kappa shape index (κ3) is 7.50. The molecule has 0 amide bonds. The van der Waals surface area contributed by atoms with Gasteiger partial charge in [0.05, 0.1) is 24.5 Å². The number of aryl methyl sites for hydroxylation is 1. The Hall–Kier alpha value is -2.26. The van der Waals surface area contributed by atoms with E-state index in [1.807, 2.05) is 52.4 Å². The zero-order chi connectivity index (χ0) is 30.6. The van der Waals surface area contributed by atoms with E-state index in [0.29, 0.717) is 31.1 Å². The Kier molecular flexibility index (Phi) is 11.8.